The highest BCUT2D eigenvalue weighted by atomic mass is 16.5. The summed E-state index contributed by atoms with van der Waals surface area (Å²) in [6.07, 6.45) is 2.15. The van der Waals surface area contributed by atoms with Gasteiger partial charge in [0.2, 0.25) is 0 Å². The molecule has 0 spiro atoms. The number of carboxylic acid groups (broad SMARTS) is 1. The molecule has 4 heteroatoms. The largest absolute Gasteiger partial charge is 0.497 e. The van der Waals surface area contributed by atoms with E-state index in [0.717, 1.165) is 24.1 Å². The van der Waals surface area contributed by atoms with Crippen LogP contribution in [0.15, 0.2) is 36.4 Å². The van der Waals surface area contributed by atoms with Gasteiger partial charge in [0, 0.05) is 0 Å². The molecule has 1 aliphatic carbocycles. The summed E-state index contributed by atoms with van der Waals surface area (Å²) >= 11 is 0. The van der Waals surface area contributed by atoms with Crippen molar-refractivity contribution in [2.24, 2.45) is 5.92 Å². The van der Waals surface area contributed by atoms with Gasteiger partial charge in [0.15, 0.2) is 0 Å². The Morgan fingerprint density at radius 1 is 1.28 bits per heavy atom. The Bertz CT molecular complexity index is 856. The van der Waals surface area contributed by atoms with E-state index >= 15 is 0 Å². The van der Waals surface area contributed by atoms with Gasteiger partial charge in [-0.15, -0.1) is 0 Å². The number of fused-ring (bicyclic) bond motifs is 4. The van der Waals surface area contributed by atoms with Gasteiger partial charge in [-0.1, -0.05) is 38.1 Å². The smallest absolute Gasteiger partial charge is 0.337 e. The van der Waals surface area contributed by atoms with Gasteiger partial charge in [-0.05, 0) is 53.0 Å². The van der Waals surface area contributed by atoms with Crippen molar-refractivity contribution < 1.29 is 14.6 Å². The van der Waals surface area contributed by atoms with Crippen LogP contribution < -0.4 is 10.1 Å². The van der Waals surface area contributed by atoms with Crippen molar-refractivity contribution in [3.8, 4) is 5.75 Å². The molecule has 4 nitrogen and oxygen atoms in total. The third kappa shape index (κ3) is 2.31. The van der Waals surface area contributed by atoms with Crippen LogP contribution in [0.3, 0.4) is 0 Å². The molecule has 0 saturated carbocycles. The maximum atomic E-state index is 11.9. The molecular formula is C21H23NO3. The van der Waals surface area contributed by atoms with Gasteiger partial charge in [0.05, 0.1) is 24.4 Å². The van der Waals surface area contributed by atoms with Crippen LogP contribution in [-0.4, -0.2) is 18.2 Å². The number of carboxylic acids is 1. The summed E-state index contributed by atoms with van der Waals surface area (Å²) in [4.78, 5) is 11.9. The first-order valence-corrected chi connectivity index (χ1v) is 8.73. The molecule has 0 saturated heterocycles. The van der Waals surface area contributed by atoms with E-state index < -0.39 is 5.97 Å². The first-order valence-electron chi connectivity index (χ1n) is 8.73. The van der Waals surface area contributed by atoms with Gasteiger partial charge < -0.3 is 15.2 Å². The molecular weight excluding hydrogens is 314 g/mol. The molecule has 0 radical (unpaired) electrons. The second-order valence-electron chi connectivity index (χ2n) is 7.59. The number of benzene rings is 2. The monoisotopic (exact) mass is 337 g/mol. The lowest BCUT2D eigenvalue weighted by Gasteiger charge is -2.49. The molecule has 0 fully saturated rings. The molecule has 0 amide bonds. The Balaban J connectivity index is 1.93. The van der Waals surface area contributed by atoms with Crippen molar-refractivity contribution >= 4 is 11.7 Å². The third-order valence-electron chi connectivity index (χ3n) is 6.02. The van der Waals surface area contributed by atoms with Gasteiger partial charge in [0.1, 0.15) is 5.75 Å². The van der Waals surface area contributed by atoms with Crippen LogP contribution in [0.5, 0.6) is 5.75 Å². The topological polar surface area (TPSA) is 58.6 Å². The highest BCUT2D eigenvalue weighted by molar-refractivity contribution is 5.96. The van der Waals surface area contributed by atoms with Crippen molar-refractivity contribution in [1.29, 1.82) is 0 Å². The lowest BCUT2D eigenvalue weighted by Crippen LogP contribution is -2.44. The van der Waals surface area contributed by atoms with Gasteiger partial charge in [-0.2, -0.15) is 0 Å². The summed E-state index contributed by atoms with van der Waals surface area (Å²) in [7, 11) is 1.58. The second kappa shape index (κ2) is 5.51. The Labute approximate surface area is 147 Å². The first-order chi connectivity index (χ1) is 11.9. The van der Waals surface area contributed by atoms with E-state index in [0.29, 0.717) is 11.7 Å². The van der Waals surface area contributed by atoms with Crippen molar-refractivity contribution in [2.45, 2.75) is 38.1 Å². The summed E-state index contributed by atoms with van der Waals surface area (Å²) in [5.74, 6) is 0.0744. The third-order valence-corrected chi connectivity index (χ3v) is 6.02. The zero-order chi connectivity index (χ0) is 17.8. The number of methoxy groups -OCH3 is 1. The van der Waals surface area contributed by atoms with E-state index in [1.54, 1.807) is 13.2 Å². The zero-order valence-corrected chi connectivity index (χ0v) is 14.8. The van der Waals surface area contributed by atoms with Gasteiger partial charge in [0.25, 0.3) is 0 Å². The van der Waals surface area contributed by atoms with Crippen LogP contribution in [0, 0.1) is 5.92 Å². The normalized spacial score (nSPS) is 22.8. The van der Waals surface area contributed by atoms with Crippen molar-refractivity contribution in [2.75, 3.05) is 12.4 Å². The van der Waals surface area contributed by atoms with Crippen molar-refractivity contribution in [3.05, 3.63) is 58.7 Å². The molecule has 1 heterocycles. The molecule has 2 aromatic rings. The lowest BCUT2D eigenvalue weighted by atomic mass is 9.61. The van der Waals surface area contributed by atoms with E-state index in [9.17, 15) is 9.90 Å². The molecule has 2 N–H and O–H groups in total. The van der Waals surface area contributed by atoms with E-state index in [1.807, 2.05) is 6.07 Å². The predicted molar refractivity (Wildman–Crippen MR) is 97.6 cm³/mol. The number of nitrogens with one attached hydrogen (secondary N) is 1. The molecule has 2 aliphatic rings. The number of ether oxygens (including phenoxy) is 1. The summed E-state index contributed by atoms with van der Waals surface area (Å²) in [5.41, 5.74) is 4.56. The average molecular weight is 337 g/mol. The molecule has 0 aromatic heterocycles. The Morgan fingerprint density at radius 3 is 2.76 bits per heavy atom. The minimum atomic E-state index is -0.930. The van der Waals surface area contributed by atoms with Crippen LogP contribution in [0.2, 0.25) is 0 Å². The minimum absolute atomic E-state index is 0.138. The van der Waals surface area contributed by atoms with Gasteiger partial charge in [-0.25, -0.2) is 4.79 Å². The van der Waals surface area contributed by atoms with Crippen molar-refractivity contribution in [1.82, 2.24) is 0 Å². The molecule has 0 unspecified atom stereocenters. The first kappa shape index (κ1) is 16.0. The molecule has 2 aromatic carbocycles. The van der Waals surface area contributed by atoms with Crippen LogP contribution in [0.25, 0.3) is 0 Å². The molecule has 0 bridgehead atoms. The summed E-state index contributed by atoms with van der Waals surface area (Å²) < 4.78 is 5.37. The van der Waals surface area contributed by atoms with Crippen LogP contribution in [0.4, 0.5) is 5.69 Å². The molecule has 130 valence electrons. The van der Waals surface area contributed by atoms with E-state index in [1.165, 1.54) is 11.1 Å². The SMILES string of the molecule is COc1cc(C(=O)O)c2c(c1)C(C)(C)[C@@H]1CCc3ccccc3[C@@H]1N2. The predicted octanol–water partition coefficient (Wildman–Crippen LogP) is 4.40. The van der Waals surface area contributed by atoms with Gasteiger partial charge in [-0.3, -0.25) is 0 Å². The van der Waals surface area contributed by atoms with E-state index in [4.69, 9.17) is 4.74 Å². The lowest BCUT2D eigenvalue weighted by molar-refractivity contribution is 0.0696. The molecule has 25 heavy (non-hydrogen) atoms. The number of hydrogen-bond acceptors (Lipinski definition) is 3. The quantitative estimate of drug-likeness (QED) is 0.853. The fourth-order valence-corrected chi connectivity index (χ4v) is 4.64. The minimum Gasteiger partial charge on any atom is -0.497 e. The number of aryl methyl sites for hydroxylation is 1. The standard InChI is InChI=1S/C21H23NO3/c1-21(2)16-9-8-12-6-4-5-7-14(12)18(16)22-19-15(20(23)24)10-13(25-3)11-17(19)21/h4-7,10-11,16,18,22H,8-9H2,1-3H3,(H,23,24)/t16-,18+/m1/s1. The van der Waals surface area contributed by atoms with Gasteiger partial charge >= 0.3 is 5.97 Å². The number of anilines is 1. The fraction of sp³-hybridized carbons (Fsp3) is 0.381. The Hall–Kier alpha value is -2.49. The average Bonchev–Trinajstić information content (AvgIpc) is 2.60. The summed E-state index contributed by atoms with van der Waals surface area (Å²) in [6.45, 7) is 4.45. The highest BCUT2D eigenvalue weighted by Gasteiger charge is 2.46. The zero-order valence-electron chi connectivity index (χ0n) is 14.8. The van der Waals surface area contributed by atoms with Crippen LogP contribution >= 0.6 is 0 Å². The molecule has 2 atom stereocenters. The summed E-state index contributed by atoms with van der Waals surface area (Å²) in [5, 5.41) is 13.3. The fourth-order valence-electron chi connectivity index (χ4n) is 4.64. The number of carbonyl (C=O) groups is 1. The van der Waals surface area contributed by atoms with E-state index in [2.05, 4.69) is 43.4 Å². The number of aromatic carboxylic acids is 1. The highest BCUT2D eigenvalue weighted by Crippen LogP contribution is 2.54. The molecule has 4 rings (SSSR count). The summed E-state index contributed by atoms with van der Waals surface area (Å²) in [6, 6.07) is 12.2. The Morgan fingerprint density at radius 2 is 2.04 bits per heavy atom. The van der Waals surface area contributed by atoms with E-state index in [-0.39, 0.29) is 17.0 Å². The molecule has 1 aliphatic heterocycles. The van der Waals surface area contributed by atoms with Crippen molar-refractivity contribution in [3.63, 3.8) is 0 Å². The van der Waals surface area contributed by atoms with Crippen LogP contribution in [0.1, 0.15) is 53.4 Å². The Kier molecular flexibility index (Phi) is 3.53. The number of rotatable bonds is 2. The van der Waals surface area contributed by atoms with Crippen LogP contribution in [-0.2, 0) is 11.8 Å². The second-order valence-corrected chi connectivity index (χ2v) is 7.59. The maximum absolute atomic E-state index is 11.9. The number of hydrogen-bond donors (Lipinski definition) is 2. The maximum Gasteiger partial charge on any atom is 0.337 e.